The second kappa shape index (κ2) is 6.57. The first-order valence-electron chi connectivity index (χ1n) is 6.31. The van der Waals surface area contributed by atoms with E-state index in [1.807, 2.05) is 30.3 Å². The van der Waals surface area contributed by atoms with E-state index in [-0.39, 0.29) is 5.78 Å². The number of methoxy groups -OCH3 is 1. The third-order valence-corrected chi connectivity index (χ3v) is 3.61. The summed E-state index contributed by atoms with van der Waals surface area (Å²) < 4.78 is 5.98. The van der Waals surface area contributed by atoms with Crippen LogP contribution in [0.3, 0.4) is 0 Å². The number of nitrogen functional groups attached to an aromatic ring is 1. The number of Topliss-reactive ketones (excluding diaryl/α,β-unsaturated/α-hetero) is 1. The van der Waals surface area contributed by atoms with Crippen molar-refractivity contribution in [3.63, 3.8) is 0 Å². The van der Waals surface area contributed by atoms with Gasteiger partial charge in [0, 0.05) is 22.1 Å². The number of carbonyl (C=O) groups excluding carboxylic acids is 1. The molecule has 0 bridgehead atoms. The van der Waals surface area contributed by atoms with Crippen LogP contribution in [0.25, 0.3) is 0 Å². The topological polar surface area (TPSA) is 52.3 Å². The maximum absolute atomic E-state index is 12.2. The Morgan fingerprint density at radius 3 is 2.50 bits per heavy atom. The van der Waals surface area contributed by atoms with Crippen molar-refractivity contribution >= 4 is 27.4 Å². The maximum Gasteiger partial charge on any atom is 0.165 e. The van der Waals surface area contributed by atoms with Crippen LogP contribution in [0.1, 0.15) is 22.3 Å². The minimum Gasteiger partial charge on any atom is -0.497 e. The number of hydrogen-bond donors (Lipinski definition) is 1. The summed E-state index contributed by atoms with van der Waals surface area (Å²) in [5, 5.41) is 0. The van der Waals surface area contributed by atoms with Crippen molar-refractivity contribution in [1.29, 1.82) is 0 Å². The van der Waals surface area contributed by atoms with Gasteiger partial charge in [0.2, 0.25) is 0 Å². The molecule has 0 spiro atoms. The van der Waals surface area contributed by atoms with E-state index in [1.54, 1.807) is 19.2 Å². The fourth-order valence-electron chi connectivity index (χ4n) is 1.97. The minimum atomic E-state index is 0.0609. The lowest BCUT2D eigenvalue weighted by atomic mass is 10.0. The summed E-state index contributed by atoms with van der Waals surface area (Å²) in [4.78, 5) is 12.2. The smallest absolute Gasteiger partial charge is 0.165 e. The number of halogens is 1. The molecule has 0 aliphatic carbocycles. The Balaban J connectivity index is 2.00. The fourth-order valence-corrected chi connectivity index (χ4v) is 2.35. The molecule has 2 aromatic rings. The molecule has 3 nitrogen and oxygen atoms in total. The standard InChI is InChI=1S/C16H16BrNO2/c1-20-13-6-2-11(3-7-13)4-9-16(19)14-8-5-12(17)10-15(14)18/h2-3,5-8,10H,4,9,18H2,1H3. The number of ketones is 1. The number of aryl methyl sites for hydroxylation is 1. The molecule has 0 unspecified atom stereocenters. The first-order chi connectivity index (χ1) is 9.60. The molecule has 104 valence electrons. The Morgan fingerprint density at radius 1 is 1.20 bits per heavy atom. The first-order valence-corrected chi connectivity index (χ1v) is 7.10. The monoisotopic (exact) mass is 333 g/mol. The number of hydrogen-bond acceptors (Lipinski definition) is 3. The zero-order chi connectivity index (χ0) is 14.5. The highest BCUT2D eigenvalue weighted by atomic mass is 79.9. The van der Waals surface area contributed by atoms with Crippen LogP contribution < -0.4 is 10.5 Å². The largest absolute Gasteiger partial charge is 0.497 e. The Kier molecular flexibility index (Phi) is 4.79. The predicted octanol–water partition coefficient (Wildman–Crippen LogP) is 3.86. The van der Waals surface area contributed by atoms with Gasteiger partial charge in [0.15, 0.2) is 5.78 Å². The summed E-state index contributed by atoms with van der Waals surface area (Å²) >= 11 is 3.33. The van der Waals surface area contributed by atoms with Gasteiger partial charge in [-0.2, -0.15) is 0 Å². The SMILES string of the molecule is COc1ccc(CCC(=O)c2ccc(Br)cc2N)cc1. The predicted molar refractivity (Wildman–Crippen MR) is 84.2 cm³/mol. The number of benzene rings is 2. The molecular weight excluding hydrogens is 318 g/mol. The summed E-state index contributed by atoms with van der Waals surface area (Å²) in [6.45, 7) is 0. The lowest BCUT2D eigenvalue weighted by Crippen LogP contribution is -2.05. The van der Waals surface area contributed by atoms with E-state index in [0.29, 0.717) is 24.1 Å². The van der Waals surface area contributed by atoms with Crippen LogP contribution in [-0.4, -0.2) is 12.9 Å². The van der Waals surface area contributed by atoms with Crippen molar-refractivity contribution in [2.45, 2.75) is 12.8 Å². The fraction of sp³-hybridized carbons (Fsp3) is 0.188. The van der Waals surface area contributed by atoms with Crippen molar-refractivity contribution in [2.75, 3.05) is 12.8 Å². The molecule has 2 rings (SSSR count). The molecule has 0 radical (unpaired) electrons. The van der Waals surface area contributed by atoms with Crippen LogP contribution in [-0.2, 0) is 6.42 Å². The highest BCUT2D eigenvalue weighted by Crippen LogP contribution is 2.21. The number of rotatable bonds is 5. The van der Waals surface area contributed by atoms with Crippen LogP contribution >= 0.6 is 15.9 Å². The summed E-state index contributed by atoms with van der Waals surface area (Å²) in [6.07, 6.45) is 1.14. The van der Waals surface area contributed by atoms with Gasteiger partial charge in [-0.3, -0.25) is 4.79 Å². The van der Waals surface area contributed by atoms with E-state index in [9.17, 15) is 4.79 Å². The molecule has 0 fully saturated rings. The van der Waals surface area contributed by atoms with Crippen molar-refractivity contribution < 1.29 is 9.53 Å². The summed E-state index contributed by atoms with van der Waals surface area (Å²) in [5.41, 5.74) is 8.07. The molecule has 0 saturated heterocycles. The molecular formula is C16H16BrNO2. The summed E-state index contributed by atoms with van der Waals surface area (Å²) in [5.74, 6) is 0.878. The number of carbonyl (C=O) groups is 1. The molecule has 20 heavy (non-hydrogen) atoms. The van der Waals surface area contributed by atoms with Gasteiger partial charge >= 0.3 is 0 Å². The number of anilines is 1. The van der Waals surface area contributed by atoms with Crippen LogP contribution in [0, 0.1) is 0 Å². The second-order valence-electron chi connectivity index (χ2n) is 4.50. The second-order valence-corrected chi connectivity index (χ2v) is 5.42. The molecule has 0 aliphatic heterocycles. The number of ether oxygens (including phenoxy) is 1. The Morgan fingerprint density at radius 2 is 1.90 bits per heavy atom. The summed E-state index contributed by atoms with van der Waals surface area (Å²) in [7, 11) is 1.63. The van der Waals surface area contributed by atoms with Gasteiger partial charge < -0.3 is 10.5 Å². The van der Waals surface area contributed by atoms with Gasteiger partial charge in [0.25, 0.3) is 0 Å². The summed E-state index contributed by atoms with van der Waals surface area (Å²) in [6, 6.07) is 13.1. The third-order valence-electron chi connectivity index (χ3n) is 3.11. The average molecular weight is 334 g/mol. The quantitative estimate of drug-likeness (QED) is 0.667. The average Bonchev–Trinajstić information content (AvgIpc) is 2.45. The molecule has 0 amide bonds. The third kappa shape index (κ3) is 3.61. The lowest BCUT2D eigenvalue weighted by molar-refractivity contribution is 0.0983. The van der Waals surface area contributed by atoms with Crippen LogP contribution in [0.4, 0.5) is 5.69 Å². The molecule has 0 heterocycles. The molecule has 0 atom stereocenters. The van der Waals surface area contributed by atoms with Crippen molar-refractivity contribution in [2.24, 2.45) is 0 Å². The maximum atomic E-state index is 12.2. The van der Waals surface area contributed by atoms with E-state index in [2.05, 4.69) is 15.9 Å². The normalized spacial score (nSPS) is 10.3. The first kappa shape index (κ1) is 14.6. The Labute approximate surface area is 126 Å². The highest BCUT2D eigenvalue weighted by molar-refractivity contribution is 9.10. The van der Waals surface area contributed by atoms with Crippen molar-refractivity contribution in [3.8, 4) is 5.75 Å². The lowest BCUT2D eigenvalue weighted by Gasteiger charge is -2.06. The van der Waals surface area contributed by atoms with E-state index in [0.717, 1.165) is 15.8 Å². The van der Waals surface area contributed by atoms with Gasteiger partial charge in [0.1, 0.15) is 5.75 Å². The van der Waals surface area contributed by atoms with Crippen LogP contribution in [0.5, 0.6) is 5.75 Å². The molecule has 4 heteroatoms. The van der Waals surface area contributed by atoms with Crippen molar-refractivity contribution in [1.82, 2.24) is 0 Å². The van der Waals surface area contributed by atoms with Crippen molar-refractivity contribution in [3.05, 3.63) is 58.1 Å². The zero-order valence-corrected chi connectivity index (χ0v) is 12.8. The Hall–Kier alpha value is -1.81. The molecule has 0 aromatic heterocycles. The van der Waals surface area contributed by atoms with Crippen LogP contribution in [0.15, 0.2) is 46.9 Å². The molecule has 0 aliphatic rings. The van der Waals surface area contributed by atoms with Crippen LogP contribution in [0.2, 0.25) is 0 Å². The molecule has 2 N–H and O–H groups in total. The zero-order valence-electron chi connectivity index (χ0n) is 11.2. The molecule has 2 aromatic carbocycles. The van der Waals surface area contributed by atoms with Gasteiger partial charge in [0.05, 0.1) is 7.11 Å². The van der Waals surface area contributed by atoms with E-state index < -0.39 is 0 Å². The van der Waals surface area contributed by atoms with E-state index in [4.69, 9.17) is 10.5 Å². The van der Waals surface area contributed by atoms with Gasteiger partial charge in [-0.05, 0) is 42.3 Å². The van der Waals surface area contributed by atoms with Gasteiger partial charge in [-0.1, -0.05) is 28.1 Å². The molecule has 0 saturated carbocycles. The van der Waals surface area contributed by atoms with E-state index >= 15 is 0 Å². The number of nitrogens with two attached hydrogens (primary N) is 1. The highest BCUT2D eigenvalue weighted by Gasteiger charge is 2.10. The van der Waals surface area contributed by atoms with E-state index in [1.165, 1.54) is 0 Å². The van der Waals surface area contributed by atoms with Gasteiger partial charge in [-0.15, -0.1) is 0 Å². The van der Waals surface area contributed by atoms with Gasteiger partial charge in [-0.25, -0.2) is 0 Å². The Bertz CT molecular complexity index is 608. The minimum absolute atomic E-state index is 0.0609.